The van der Waals surface area contributed by atoms with E-state index in [-0.39, 0.29) is 12.0 Å². The van der Waals surface area contributed by atoms with Crippen molar-refractivity contribution in [1.82, 2.24) is 0 Å². The monoisotopic (exact) mass is 405 g/mol. The van der Waals surface area contributed by atoms with E-state index in [1.54, 1.807) is 12.1 Å². The Morgan fingerprint density at radius 1 is 1.08 bits per heavy atom. The maximum atomic E-state index is 12.8. The van der Waals surface area contributed by atoms with Gasteiger partial charge in [0, 0.05) is 4.47 Å². The second-order valence-electron chi connectivity index (χ2n) is 6.46. The molecule has 0 atom stereocenters. The van der Waals surface area contributed by atoms with Crippen LogP contribution in [-0.2, 0) is 0 Å². The fraction of sp³-hybridized carbons (Fsp3) is 0.350. The zero-order valence-electron chi connectivity index (χ0n) is 15.0. The van der Waals surface area contributed by atoms with Crippen LogP contribution in [0.25, 0.3) is 0 Å². The van der Waals surface area contributed by atoms with Gasteiger partial charge in [-0.1, -0.05) is 41.9 Å². The van der Waals surface area contributed by atoms with Gasteiger partial charge in [0.05, 0.1) is 24.0 Å². The minimum Gasteiger partial charge on any atom is -0.491 e. The van der Waals surface area contributed by atoms with Crippen molar-refractivity contribution in [3.63, 3.8) is 0 Å². The van der Waals surface area contributed by atoms with E-state index in [1.165, 1.54) is 0 Å². The van der Waals surface area contributed by atoms with Crippen LogP contribution in [0.2, 0.25) is 0 Å². The normalized spacial score (nSPS) is 10.8. The Labute approximate surface area is 157 Å². The number of ether oxygens (including phenoxy) is 2. The number of benzene rings is 2. The van der Waals surface area contributed by atoms with E-state index in [1.807, 2.05) is 44.2 Å². The summed E-state index contributed by atoms with van der Waals surface area (Å²) in [5, 5.41) is 2.93. The van der Waals surface area contributed by atoms with Crippen molar-refractivity contribution < 1.29 is 14.3 Å². The van der Waals surface area contributed by atoms with Crippen LogP contribution >= 0.6 is 15.9 Å². The molecule has 0 radical (unpaired) electrons. The van der Waals surface area contributed by atoms with Gasteiger partial charge in [0.1, 0.15) is 11.5 Å². The number of halogens is 1. The number of hydrogen-bond acceptors (Lipinski definition) is 3. The third-order valence-corrected chi connectivity index (χ3v) is 3.75. The van der Waals surface area contributed by atoms with Gasteiger partial charge in [-0.25, -0.2) is 0 Å². The van der Waals surface area contributed by atoms with Crippen molar-refractivity contribution in [2.45, 2.75) is 33.8 Å². The van der Waals surface area contributed by atoms with Crippen molar-refractivity contribution in [3.8, 4) is 11.5 Å². The zero-order chi connectivity index (χ0) is 18.4. The smallest absolute Gasteiger partial charge is 0.259 e. The summed E-state index contributed by atoms with van der Waals surface area (Å²) < 4.78 is 12.4. The molecule has 134 valence electrons. The number of hydrogen-bond donors (Lipinski definition) is 1. The van der Waals surface area contributed by atoms with Gasteiger partial charge in [0.2, 0.25) is 0 Å². The lowest BCUT2D eigenvalue weighted by molar-refractivity contribution is 0.102. The van der Waals surface area contributed by atoms with E-state index in [4.69, 9.17) is 9.47 Å². The summed E-state index contributed by atoms with van der Waals surface area (Å²) >= 11 is 3.41. The number of carbonyl (C=O) groups is 1. The maximum absolute atomic E-state index is 12.8. The van der Waals surface area contributed by atoms with Gasteiger partial charge in [0.15, 0.2) is 0 Å². The lowest BCUT2D eigenvalue weighted by Crippen LogP contribution is -2.16. The second kappa shape index (κ2) is 8.90. The molecular formula is C20H24BrNO3. The number of nitrogens with one attached hydrogen (secondary N) is 1. The minimum atomic E-state index is -0.238. The van der Waals surface area contributed by atoms with Crippen LogP contribution < -0.4 is 14.8 Å². The second-order valence-corrected chi connectivity index (χ2v) is 7.38. The van der Waals surface area contributed by atoms with Crippen molar-refractivity contribution in [3.05, 3.63) is 52.5 Å². The molecule has 2 rings (SSSR count). The van der Waals surface area contributed by atoms with E-state index in [0.717, 1.165) is 4.47 Å². The summed E-state index contributed by atoms with van der Waals surface area (Å²) in [7, 11) is 0. The molecule has 2 aromatic rings. The van der Waals surface area contributed by atoms with Gasteiger partial charge in [0.25, 0.3) is 5.91 Å². The van der Waals surface area contributed by atoms with E-state index in [0.29, 0.717) is 35.3 Å². The predicted octanol–water partition coefficient (Wildman–Crippen LogP) is 5.52. The Balaban J connectivity index is 2.24. The van der Waals surface area contributed by atoms with Crippen molar-refractivity contribution in [2.75, 3.05) is 11.9 Å². The standard InChI is InChI=1S/C20H24BrNO3/c1-13(2)12-24-19-8-6-5-7-17(19)22-20(23)16-11-15(21)9-10-18(16)25-14(3)4/h5-11,13-14H,12H2,1-4H3,(H,22,23). The van der Waals surface area contributed by atoms with Crippen molar-refractivity contribution >= 4 is 27.5 Å². The fourth-order valence-corrected chi connectivity index (χ4v) is 2.54. The summed E-state index contributed by atoms with van der Waals surface area (Å²) in [6.45, 7) is 8.61. The molecule has 0 spiro atoms. The number of amides is 1. The summed E-state index contributed by atoms with van der Waals surface area (Å²) in [4.78, 5) is 12.8. The van der Waals surface area contributed by atoms with Gasteiger partial charge >= 0.3 is 0 Å². The summed E-state index contributed by atoms with van der Waals surface area (Å²) in [6, 6.07) is 12.8. The molecule has 1 N–H and O–H groups in total. The largest absolute Gasteiger partial charge is 0.491 e. The van der Waals surface area contributed by atoms with Crippen LogP contribution in [0.15, 0.2) is 46.9 Å². The van der Waals surface area contributed by atoms with E-state index in [2.05, 4.69) is 35.1 Å². The van der Waals surface area contributed by atoms with Crippen molar-refractivity contribution in [1.29, 1.82) is 0 Å². The van der Waals surface area contributed by atoms with Crippen LogP contribution in [0.3, 0.4) is 0 Å². The summed E-state index contributed by atoms with van der Waals surface area (Å²) in [5.41, 5.74) is 1.12. The fourth-order valence-electron chi connectivity index (χ4n) is 2.18. The van der Waals surface area contributed by atoms with Crippen LogP contribution in [0, 0.1) is 5.92 Å². The van der Waals surface area contributed by atoms with Gasteiger partial charge in [-0.05, 0) is 50.1 Å². The van der Waals surface area contributed by atoms with Gasteiger partial charge in [-0.2, -0.15) is 0 Å². The van der Waals surface area contributed by atoms with E-state index < -0.39 is 0 Å². The van der Waals surface area contributed by atoms with E-state index in [9.17, 15) is 4.79 Å². The van der Waals surface area contributed by atoms with Gasteiger partial charge < -0.3 is 14.8 Å². The Morgan fingerprint density at radius 2 is 1.80 bits per heavy atom. The van der Waals surface area contributed by atoms with Crippen LogP contribution in [0.4, 0.5) is 5.69 Å². The van der Waals surface area contributed by atoms with E-state index >= 15 is 0 Å². The molecule has 0 fully saturated rings. The quantitative estimate of drug-likeness (QED) is 0.658. The highest BCUT2D eigenvalue weighted by Crippen LogP contribution is 2.28. The molecule has 4 nitrogen and oxygen atoms in total. The third-order valence-electron chi connectivity index (χ3n) is 3.26. The molecule has 0 aliphatic heterocycles. The minimum absolute atomic E-state index is 0.0191. The Hall–Kier alpha value is -2.01. The molecule has 1 amide bonds. The highest BCUT2D eigenvalue weighted by Gasteiger charge is 2.16. The SMILES string of the molecule is CC(C)COc1ccccc1NC(=O)c1cc(Br)ccc1OC(C)C. The number of rotatable bonds is 7. The Bertz CT molecular complexity index is 729. The zero-order valence-corrected chi connectivity index (χ0v) is 16.6. The molecule has 0 saturated heterocycles. The lowest BCUT2D eigenvalue weighted by Gasteiger charge is -2.16. The van der Waals surface area contributed by atoms with Crippen LogP contribution in [0.1, 0.15) is 38.1 Å². The van der Waals surface area contributed by atoms with Crippen LogP contribution in [-0.4, -0.2) is 18.6 Å². The molecule has 0 heterocycles. The number of carbonyl (C=O) groups excluding carboxylic acids is 1. The maximum Gasteiger partial charge on any atom is 0.259 e. The van der Waals surface area contributed by atoms with Crippen molar-refractivity contribution in [2.24, 2.45) is 5.92 Å². The first-order chi connectivity index (χ1) is 11.9. The first kappa shape index (κ1) is 19.3. The first-order valence-corrected chi connectivity index (χ1v) is 9.15. The molecule has 2 aromatic carbocycles. The molecule has 0 bridgehead atoms. The number of anilines is 1. The molecule has 0 unspecified atom stereocenters. The average molecular weight is 406 g/mol. The molecule has 0 saturated carbocycles. The van der Waals surface area contributed by atoms with Gasteiger partial charge in [-0.15, -0.1) is 0 Å². The van der Waals surface area contributed by atoms with Crippen LogP contribution in [0.5, 0.6) is 11.5 Å². The molecular weight excluding hydrogens is 382 g/mol. The Morgan fingerprint density at radius 3 is 2.48 bits per heavy atom. The topological polar surface area (TPSA) is 47.6 Å². The number of para-hydroxylation sites is 2. The highest BCUT2D eigenvalue weighted by molar-refractivity contribution is 9.10. The molecule has 0 aliphatic carbocycles. The lowest BCUT2D eigenvalue weighted by atomic mass is 10.1. The third kappa shape index (κ3) is 5.78. The molecule has 25 heavy (non-hydrogen) atoms. The van der Waals surface area contributed by atoms with Gasteiger partial charge in [-0.3, -0.25) is 4.79 Å². The average Bonchev–Trinajstić information content (AvgIpc) is 2.55. The first-order valence-electron chi connectivity index (χ1n) is 8.36. The summed E-state index contributed by atoms with van der Waals surface area (Å²) in [6.07, 6.45) is -0.0191. The predicted molar refractivity (Wildman–Crippen MR) is 105 cm³/mol. The molecule has 5 heteroatoms. The highest BCUT2D eigenvalue weighted by atomic mass is 79.9. The molecule has 0 aromatic heterocycles. The summed E-state index contributed by atoms with van der Waals surface area (Å²) in [5.74, 6) is 1.37. The molecule has 0 aliphatic rings. The Kier molecular flexibility index (Phi) is 6.88.